The molecule has 0 aliphatic heterocycles. The molecule has 106 valence electrons. The lowest BCUT2D eigenvalue weighted by Gasteiger charge is -2.03. The second-order valence-corrected chi connectivity index (χ2v) is 5.67. The van der Waals surface area contributed by atoms with Crippen molar-refractivity contribution in [3.05, 3.63) is 69.3 Å². The SMILES string of the molecule is CCc1cccc2c(C(=O)c3ccc(Cl)c(Cl)c3)c[nH]c12. The molecule has 2 nitrogen and oxygen atoms in total. The second-order valence-electron chi connectivity index (χ2n) is 4.85. The van der Waals surface area contributed by atoms with E-state index in [2.05, 4.69) is 18.0 Å². The van der Waals surface area contributed by atoms with Crippen LogP contribution in [0, 0.1) is 0 Å². The molecule has 0 atom stereocenters. The van der Waals surface area contributed by atoms with E-state index in [1.807, 2.05) is 12.1 Å². The van der Waals surface area contributed by atoms with Crippen LogP contribution in [0.5, 0.6) is 0 Å². The van der Waals surface area contributed by atoms with Crippen LogP contribution in [0.2, 0.25) is 10.0 Å². The third kappa shape index (κ3) is 2.45. The van der Waals surface area contributed by atoms with E-state index in [0.717, 1.165) is 17.3 Å². The van der Waals surface area contributed by atoms with Gasteiger partial charge in [0.1, 0.15) is 0 Å². The van der Waals surface area contributed by atoms with E-state index in [-0.39, 0.29) is 5.78 Å². The van der Waals surface area contributed by atoms with Crippen LogP contribution in [-0.2, 0) is 6.42 Å². The Labute approximate surface area is 132 Å². The lowest BCUT2D eigenvalue weighted by molar-refractivity contribution is 0.104. The van der Waals surface area contributed by atoms with Crippen molar-refractivity contribution in [1.29, 1.82) is 0 Å². The third-order valence-electron chi connectivity index (χ3n) is 3.61. The molecule has 3 rings (SSSR count). The van der Waals surface area contributed by atoms with Crippen LogP contribution in [0.4, 0.5) is 0 Å². The van der Waals surface area contributed by atoms with Gasteiger partial charge >= 0.3 is 0 Å². The number of halogens is 2. The van der Waals surface area contributed by atoms with Gasteiger partial charge in [0.2, 0.25) is 0 Å². The number of fused-ring (bicyclic) bond motifs is 1. The first-order valence-electron chi connectivity index (χ1n) is 6.70. The molecule has 0 saturated carbocycles. The van der Waals surface area contributed by atoms with E-state index in [1.165, 1.54) is 5.56 Å². The maximum absolute atomic E-state index is 12.7. The Balaban J connectivity index is 2.11. The molecule has 0 bridgehead atoms. The van der Waals surface area contributed by atoms with Crippen LogP contribution >= 0.6 is 23.2 Å². The fourth-order valence-corrected chi connectivity index (χ4v) is 2.79. The number of aromatic nitrogens is 1. The Hall–Kier alpha value is -1.77. The Morgan fingerprint density at radius 2 is 1.95 bits per heavy atom. The fourth-order valence-electron chi connectivity index (χ4n) is 2.49. The molecule has 2 aromatic carbocycles. The molecular formula is C17H13Cl2NO. The number of benzene rings is 2. The van der Waals surface area contributed by atoms with Crippen LogP contribution in [0.1, 0.15) is 28.4 Å². The molecule has 0 amide bonds. The summed E-state index contributed by atoms with van der Waals surface area (Å²) in [6, 6.07) is 10.9. The molecule has 0 aliphatic carbocycles. The maximum Gasteiger partial charge on any atom is 0.195 e. The van der Waals surface area contributed by atoms with Crippen molar-refractivity contribution in [2.45, 2.75) is 13.3 Å². The Morgan fingerprint density at radius 1 is 1.14 bits per heavy atom. The summed E-state index contributed by atoms with van der Waals surface area (Å²) in [7, 11) is 0. The van der Waals surface area contributed by atoms with Gasteiger partial charge in [-0.25, -0.2) is 0 Å². The molecular weight excluding hydrogens is 305 g/mol. The van der Waals surface area contributed by atoms with Crippen LogP contribution in [-0.4, -0.2) is 10.8 Å². The standard InChI is InChI=1S/C17H13Cl2NO/c1-2-10-4-3-5-12-13(9-20-16(10)12)17(21)11-6-7-14(18)15(19)8-11/h3-9,20H,2H2,1H3. The zero-order chi connectivity index (χ0) is 15.0. The number of ketones is 1. The summed E-state index contributed by atoms with van der Waals surface area (Å²) in [5, 5.41) is 1.77. The van der Waals surface area contributed by atoms with Gasteiger partial charge in [-0.1, -0.05) is 48.3 Å². The molecule has 1 heterocycles. The average molecular weight is 318 g/mol. The number of hydrogen-bond donors (Lipinski definition) is 1. The van der Waals surface area contributed by atoms with Gasteiger partial charge in [0.05, 0.1) is 10.0 Å². The van der Waals surface area contributed by atoms with Gasteiger partial charge in [0, 0.05) is 28.2 Å². The number of aryl methyl sites for hydroxylation is 1. The van der Waals surface area contributed by atoms with Crippen molar-refractivity contribution >= 4 is 39.9 Å². The highest BCUT2D eigenvalue weighted by Gasteiger charge is 2.16. The number of carbonyl (C=O) groups is 1. The number of rotatable bonds is 3. The normalized spacial score (nSPS) is 11.0. The van der Waals surface area contributed by atoms with Gasteiger partial charge in [-0.05, 0) is 30.2 Å². The number of aromatic amines is 1. The third-order valence-corrected chi connectivity index (χ3v) is 4.35. The van der Waals surface area contributed by atoms with Gasteiger partial charge in [-0.2, -0.15) is 0 Å². The predicted molar refractivity (Wildman–Crippen MR) is 87.6 cm³/mol. The van der Waals surface area contributed by atoms with E-state index in [4.69, 9.17) is 23.2 Å². The summed E-state index contributed by atoms with van der Waals surface area (Å²) in [5.41, 5.74) is 3.40. The highest BCUT2D eigenvalue weighted by atomic mass is 35.5. The number of hydrogen-bond acceptors (Lipinski definition) is 1. The Bertz CT molecular complexity index is 836. The summed E-state index contributed by atoms with van der Waals surface area (Å²) in [5.74, 6) is -0.0620. The maximum atomic E-state index is 12.7. The molecule has 4 heteroatoms. The summed E-state index contributed by atoms with van der Waals surface area (Å²) >= 11 is 11.9. The quantitative estimate of drug-likeness (QED) is 0.656. The summed E-state index contributed by atoms with van der Waals surface area (Å²) in [4.78, 5) is 15.9. The molecule has 0 saturated heterocycles. The predicted octanol–water partition coefficient (Wildman–Crippen LogP) is 5.27. The van der Waals surface area contributed by atoms with Crippen molar-refractivity contribution in [3.63, 3.8) is 0 Å². The lowest BCUT2D eigenvalue weighted by atomic mass is 10.0. The minimum Gasteiger partial charge on any atom is -0.360 e. The molecule has 0 unspecified atom stereocenters. The van der Waals surface area contributed by atoms with E-state index in [1.54, 1.807) is 24.4 Å². The van der Waals surface area contributed by atoms with Crippen LogP contribution in [0.15, 0.2) is 42.6 Å². The van der Waals surface area contributed by atoms with Gasteiger partial charge in [-0.3, -0.25) is 4.79 Å². The van der Waals surface area contributed by atoms with Crippen LogP contribution in [0.3, 0.4) is 0 Å². The highest BCUT2D eigenvalue weighted by molar-refractivity contribution is 6.42. The zero-order valence-electron chi connectivity index (χ0n) is 11.4. The monoisotopic (exact) mass is 317 g/mol. The summed E-state index contributed by atoms with van der Waals surface area (Å²) in [6.07, 6.45) is 2.67. The first kappa shape index (κ1) is 14.2. The molecule has 0 radical (unpaired) electrons. The Kier molecular flexibility index (Phi) is 3.75. The van der Waals surface area contributed by atoms with Gasteiger partial charge in [0.25, 0.3) is 0 Å². The smallest absolute Gasteiger partial charge is 0.195 e. The zero-order valence-corrected chi connectivity index (χ0v) is 12.9. The number of carbonyl (C=O) groups excluding carboxylic acids is 1. The van der Waals surface area contributed by atoms with Crippen molar-refractivity contribution in [3.8, 4) is 0 Å². The van der Waals surface area contributed by atoms with Gasteiger partial charge in [0.15, 0.2) is 5.78 Å². The molecule has 0 aliphatic rings. The molecule has 3 aromatic rings. The molecule has 1 N–H and O–H groups in total. The van der Waals surface area contributed by atoms with Crippen molar-refractivity contribution in [1.82, 2.24) is 4.98 Å². The van der Waals surface area contributed by atoms with Crippen LogP contribution < -0.4 is 0 Å². The first-order valence-corrected chi connectivity index (χ1v) is 7.46. The number of H-pyrrole nitrogens is 1. The molecule has 1 aromatic heterocycles. The second kappa shape index (κ2) is 5.55. The topological polar surface area (TPSA) is 32.9 Å². The average Bonchev–Trinajstić information content (AvgIpc) is 2.93. The summed E-state index contributed by atoms with van der Waals surface area (Å²) in [6.45, 7) is 2.09. The van der Waals surface area contributed by atoms with Gasteiger partial charge in [-0.15, -0.1) is 0 Å². The van der Waals surface area contributed by atoms with Crippen molar-refractivity contribution in [2.24, 2.45) is 0 Å². The van der Waals surface area contributed by atoms with E-state index in [9.17, 15) is 4.79 Å². The molecule has 0 fully saturated rings. The summed E-state index contributed by atoms with van der Waals surface area (Å²) < 4.78 is 0. The van der Waals surface area contributed by atoms with Crippen molar-refractivity contribution < 1.29 is 4.79 Å². The molecule has 21 heavy (non-hydrogen) atoms. The minimum absolute atomic E-state index is 0.0620. The lowest BCUT2D eigenvalue weighted by Crippen LogP contribution is -2.00. The number of para-hydroxylation sites is 1. The van der Waals surface area contributed by atoms with E-state index >= 15 is 0 Å². The first-order chi connectivity index (χ1) is 10.1. The Morgan fingerprint density at radius 3 is 2.67 bits per heavy atom. The van der Waals surface area contributed by atoms with Gasteiger partial charge < -0.3 is 4.98 Å². The molecule has 0 spiro atoms. The number of nitrogens with one attached hydrogen (secondary N) is 1. The van der Waals surface area contributed by atoms with E-state index < -0.39 is 0 Å². The fraction of sp³-hybridized carbons (Fsp3) is 0.118. The largest absolute Gasteiger partial charge is 0.360 e. The van der Waals surface area contributed by atoms with E-state index in [0.29, 0.717) is 21.2 Å². The highest BCUT2D eigenvalue weighted by Crippen LogP contribution is 2.27. The van der Waals surface area contributed by atoms with Crippen LogP contribution in [0.25, 0.3) is 10.9 Å². The van der Waals surface area contributed by atoms with Crippen molar-refractivity contribution in [2.75, 3.05) is 0 Å². The minimum atomic E-state index is -0.0620.